The molecular weight excluding hydrogens is 259 g/mol. The third-order valence-electron chi connectivity index (χ3n) is 2.59. The molecule has 0 saturated heterocycles. The number of benzene rings is 1. The fourth-order valence-electron chi connectivity index (χ4n) is 1.45. The van der Waals surface area contributed by atoms with E-state index in [9.17, 15) is 4.79 Å². The van der Waals surface area contributed by atoms with Crippen molar-refractivity contribution in [3.8, 4) is 0 Å². The Morgan fingerprint density at radius 2 is 2.18 bits per heavy atom. The topological polar surface area (TPSA) is 55.1 Å². The summed E-state index contributed by atoms with van der Waals surface area (Å²) in [5, 5.41) is 3.75. The van der Waals surface area contributed by atoms with Crippen molar-refractivity contribution in [1.82, 2.24) is 0 Å². The smallest absolute Gasteiger partial charge is 0.224 e. The van der Waals surface area contributed by atoms with E-state index < -0.39 is 0 Å². The standard InChI is InChI=1S/C12H16Cl2N2O/c1-2-8(7-15)5-12(17)16-11-6-9(13)3-4-10(11)14/h3-4,6,8H,2,5,7,15H2,1H3,(H,16,17). The Balaban J connectivity index is 2.64. The number of anilines is 1. The summed E-state index contributed by atoms with van der Waals surface area (Å²) < 4.78 is 0. The lowest BCUT2D eigenvalue weighted by Crippen LogP contribution is -2.21. The Hall–Kier alpha value is -0.770. The van der Waals surface area contributed by atoms with Gasteiger partial charge >= 0.3 is 0 Å². The molecule has 0 aromatic heterocycles. The molecule has 1 aromatic carbocycles. The number of nitrogens with one attached hydrogen (secondary N) is 1. The van der Waals surface area contributed by atoms with Crippen molar-refractivity contribution >= 4 is 34.8 Å². The van der Waals surface area contributed by atoms with E-state index in [1.807, 2.05) is 6.92 Å². The van der Waals surface area contributed by atoms with Gasteiger partial charge in [0, 0.05) is 11.4 Å². The number of amides is 1. The number of carbonyl (C=O) groups excluding carboxylic acids is 1. The number of carbonyl (C=O) groups is 1. The zero-order valence-electron chi connectivity index (χ0n) is 9.67. The van der Waals surface area contributed by atoms with Crippen molar-refractivity contribution in [2.45, 2.75) is 19.8 Å². The molecule has 0 aliphatic carbocycles. The van der Waals surface area contributed by atoms with Gasteiger partial charge in [-0.1, -0.05) is 36.5 Å². The molecule has 1 amide bonds. The van der Waals surface area contributed by atoms with E-state index in [4.69, 9.17) is 28.9 Å². The fourth-order valence-corrected chi connectivity index (χ4v) is 1.79. The minimum absolute atomic E-state index is 0.0912. The number of nitrogens with two attached hydrogens (primary N) is 1. The number of rotatable bonds is 5. The molecule has 0 spiro atoms. The third-order valence-corrected chi connectivity index (χ3v) is 3.15. The molecule has 0 fully saturated rings. The molecular formula is C12H16Cl2N2O. The molecule has 0 heterocycles. The Kier molecular flexibility index (Phi) is 5.75. The first-order valence-corrected chi connectivity index (χ1v) is 6.27. The van der Waals surface area contributed by atoms with Gasteiger partial charge in [0.1, 0.15) is 0 Å². The van der Waals surface area contributed by atoms with Gasteiger partial charge in [-0.3, -0.25) is 4.79 Å². The summed E-state index contributed by atoms with van der Waals surface area (Å²) in [6, 6.07) is 4.96. The zero-order valence-corrected chi connectivity index (χ0v) is 11.2. The van der Waals surface area contributed by atoms with Crippen LogP contribution in [0, 0.1) is 5.92 Å². The molecule has 1 rings (SSSR count). The predicted octanol–water partition coefficient (Wildman–Crippen LogP) is 3.31. The van der Waals surface area contributed by atoms with Crippen molar-refractivity contribution in [2.75, 3.05) is 11.9 Å². The van der Waals surface area contributed by atoms with Gasteiger partial charge in [-0.05, 0) is 30.7 Å². The summed E-state index contributed by atoms with van der Waals surface area (Å²) in [5.41, 5.74) is 6.09. The minimum Gasteiger partial charge on any atom is -0.330 e. The van der Waals surface area contributed by atoms with Gasteiger partial charge < -0.3 is 11.1 Å². The molecule has 5 heteroatoms. The largest absolute Gasteiger partial charge is 0.330 e. The predicted molar refractivity (Wildman–Crippen MR) is 72.5 cm³/mol. The van der Waals surface area contributed by atoms with Gasteiger partial charge in [0.2, 0.25) is 5.91 Å². The maximum absolute atomic E-state index is 11.7. The minimum atomic E-state index is -0.0912. The zero-order chi connectivity index (χ0) is 12.8. The average molecular weight is 275 g/mol. The van der Waals surface area contributed by atoms with E-state index in [1.165, 1.54) is 0 Å². The highest BCUT2D eigenvalue weighted by atomic mass is 35.5. The van der Waals surface area contributed by atoms with Gasteiger partial charge in [-0.25, -0.2) is 0 Å². The summed E-state index contributed by atoms with van der Waals surface area (Å²) in [7, 11) is 0. The summed E-state index contributed by atoms with van der Waals surface area (Å²) in [6.45, 7) is 2.52. The van der Waals surface area contributed by atoms with Crippen LogP contribution in [-0.2, 0) is 4.79 Å². The number of halogens is 2. The summed E-state index contributed by atoms with van der Waals surface area (Å²) in [6.07, 6.45) is 1.28. The second kappa shape index (κ2) is 6.84. The lowest BCUT2D eigenvalue weighted by Gasteiger charge is -2.12. The van der Waals surface area contributed by atoms with Crippen molar-refractivity contribution in [2.24, 2.45) is 11.7 Å². The molecule has 3 N–H and O–H groups in total. The van der Waals surface area contributed by atoms with Gasteiger partial charge in [0.15, 0.2) is 0 Å². The van der Waals surface area contributed by atoms with Crippen LogP contribution in [0.5, 0.6) is 0 Å². The normalized spacial score (nSPS) is 12.2. The molecule has 0 aliphatic heterocycles. The van der Waals surface area contributed by atoms with Crippen molar-refractivity contribution in [3.63, 3.8) is 0 Å². The highest BCUT2D eigenvalue weighted by Gasteiger charge is 2.12. The number of hydrogen-bond acceptors (Lipinski definition) is 2. The van der Waals surface area contributed by atoms with Gasteiger partial charge in [0.05, 0.1) is 10.7 Å². The monoisotopic (exact) mass is 274 g/mol. The first-order valence-electron chi connectivity index (χ1n) is 5.51. The maximum Gasteiger partial charge on any atom is 0.224 e. The quantitative estimate of drug-likeness (QED) is 0.866. The Morgan fingerprint density at radius 1 is 1.47 bits per heavy atom. The average Bonchev–Trinajstić information content (AvgIpc) is 2.31. The SMILES string of the molecule is CCC(CN)CC(=O)Nc1cc(Cl)ccc1Cl. The van der Waals surface area contributed by atoms with Crippen LogP contribution in [0.3, 0.4) is 0 Å². The Bertz CT molecular complexity index is 392. The first-order chi connectivity index (χ1) is 8.06. The Labute approximate surface area is 111 Å². The molecule has 1 unspecified atom stereocenters. The second-order valence-corrected chi connectivity index (χ2v) is 4.73. The van der Waals surface area contributed by atoms with Crippen LogP contribution in [0.2, 0.25) is 10.0 Å². The molecule has 0 bridgehead atoms. The van der Waals surface area contributed by atoms with Crippen molar-refractivity contribution in [3.05, 3.63) is 28.2 Å². The van der Waals surface area contributed by atoms with Gasteiger partial charge in [-0.15, -0.1) is 0 Å². The van der Waals surface area contributed by atoms with Crippen LogP contribution < -0.4 is 11.1 Å². The number of hydrogen-bond donors (Lipinski definition) is 2. The molecule has 0 saturated carbocycles. The summed E-state index contributed by atoms with van der Waals surface area (Å²) in [5.74, 6) is 0.111. The lowest BCUT2D eigenvalue weighted by molar-refractivity contribution is -0.117. The molecule has 0 radical (unpaired) electrons. The van der Waals surface area contributed by atoms with Gasteiger partial charge in [0.25, 0.3) is 0 Å². The summed E-state index contributed by atoms with van der Waals surface area (Å²) >= 11 is 11.8. The molecule has 0 aliphatic rings. The van der Waals surface area contributed by atoms with Crippen molar-refractivity contribution in [1.29, 1.82) is 0 Å². The van der Waals surface area contributed by atoms with Crippen molar-refractivity contribution < 1.29 is 4.79 Å². The third kappa shape index (κ3) is 4.54. The molecule has 1 aromatic rings. The lowest BCUT2D eigenvalue weighted by atomic mass is 10.0. The second-order valence-electron chi connectivity index (χ2n) is 3.89. The Morgan fingerprint density at radius 3 is 2.76 bits per heavy atom. The van der Waals surface area contributed by atoms with Crippen LogP contribution >= 0.6 is 23.2 Å². The summed E-state index contributed by atoms with van der Waals surface area (Å²) in [4.78, 5) is 11.7. The van der Waals surface area contributed by atoms with Crippen LogP contribution in [-0.4, -0.2) is 12.5 Å². The van der Waals surface area contributed by atoms with Gasteiger partial charge in [-0.2, -0.15) is 0 Å². The van der Waals surface area contributed by atoms with Crippen LogP contribution in [0.25, 0.3) is 0 Å². The molecule has 3 nitrogen and oxygen atoms in total. The van der Waals surface area contributed by atoms with E-state index in [2.05, 4.69) is 5.32 Å². The van der Waals surface area contributed by atoms with E-state index in [-0.39, 0.29) is 11.8 Å². The van der Waals surface area contributed by atoms with E-state index >= 15 is 0 Å². The van der Waals surface area contributed by atoms with Crippen LogP contribution in [0.1, 0.15) is 19.8 Å². The van der Waals surface area contributed by atoms with E-state index in [0.29, 0.717) is 28.7 Å². The molecule has 94 valence electrons. The van der Waals surface area contributed by atoms with Crippen LogP contribution in [0.15, 0.2) is 18.2 Å². The molecule has 17 heavy (non-hydrogen) atoms. The first kappa shape index (κ1) is 14.3. The highest BCUT2D eigenvalue weighted by molar-refractivity contribution is 6.35. The molecule has 1 atom stereocenters. The van der Waals surface area contributed by atoms with E-state index in [1.54, 1.807) is 18.2 Å². The maximum atomic E-state index is 11.7. The fraction of sp³-hybridized carbons (Fsp3) is 0.417. The van der Waals surface area contributed by atoms with E-state index in [0.717, 1.165) is 6.42 Å². The highest BCUT2D eigenvalue weighted by Crippen LogP contribution is 2.25. The van der Waals surface area contributed by atoms with Crippen LogP contribution in [0.4, 0.5) is 5.69 Å².